The van der Waals surface area contributed by atoms with Crippen LogP contribution < -0.4 is 5.32 Å². The van der Waals surface area contributed by atoms with E-state index in [1.54, 1.807) is 0 Å². The van der Waals surface area contributed by atoms with Crippen molar-refractivity contribution in [2.45, 2.75) is 4.90 Å². The van der Waals surface area contributed by atoms with E-state index in [0.717, 1.165) is 42.5 Å². The molecule has 0 radical (unpaired) electrons. The Morgan fingerprint density at radius 1 is 1.14 bits per heavy atom. The molecule has 116 valence electrons. The Kier molecular flexibility index (Phi) is 3.47. The van der Waals surface area contributed by atoms with Crippen LogP contribution in [0.4, 0.5) is 0 Å². The van der Waals surface area contributed by atoms with Crippen molar-refractivity contribution >= 4 is 27.0 Å². The highest BCUT2D eigenvalue weighted by atomic mass is 32.4. The fraction of sp³-hybridized carbons (Fsp3) is 0.364. The summed E-state index contributed by atoms with van der Waals surface area (Å²) in [6.45, 7) is 3.41. The van der Waals surface area contributed by atoms with Gasteiger partial charge in [-0.25, -0.2) is 0 Å². The van der Waals surface area contributed by atoms with Crippen molar-refractivity contribution in [3.63, 3.8) is 0 Å². The van der Waals surface area contributed by atoms with Gasteiger partial charge in [-0.2, -0.15) is 8.42 Å². The summed E-state index contributed by atoms with van der Waals surface area (Å²) in [5, 5.41) is 3.28. The van der Waals surface area contributed by atoms with E-state index in [4.69, 9.17) is 7.26 Å². The maximum atomic E-state index is 11.2. The van der Waals surface area contributed by atoms with E-state index in [0.29, 0.717) is 0 Å². The smallest absolute Gasteiger partial charge is 0.412 e. The number of piperazine rings is 1. The number of hydrogen-bond acceptors (Lipinski definition) is 7. The molecule has 0 saturated carbocycles. The molecular weight excluding hydrogens is 318 g/mol. The van der Waals surface area contributed by atoms with Gasteiger partial charge < -0.3 is 15.7 Å². The quantitative estimate of drug-likeness (QED) is 0.699. The molecule has 10 heteroatoms. The Bertz CT molecular complexity index is 688. The normalized spacial score (nSPS) is 26.3. The summed E-state index contributed by atoms with van der Waals surface area (Å²) < 4.78 is 37.0. The van der Waals surface area contributed by atoms with Crippen LogP contribution in [0.2, 0.25) is 0 Å². The Hall–Kier alpha value is -1.17. The van der Waals surface area contributed by atoms with Crippen molar-refractivity contribution in [3.05, 3.63) is 29.8 Å². The van der Waals surface area contributed by atoms with Gasteiger partial charge in [-0.15, -0.1) is 11.7 Å². The van der Waals surface area contributed by atoms with Gasteiger partial charge in [0.2, 0.25) is 0 Å². The van der Waals surface area contributed by atoms with Crippen molar-refractivity contribution in [2.75, 3.05) is 26.2 Å². The van der Waals surface area contributed by atoms with Crippen LogP contribution in [0.3, 0.4) is 0 Å². The molecule has 2 saturated heterocycles. The van der Waals surface area contributed by atoms with Gasteiger partial charge in [0.25, 0.3) is 0 Å². The molecule has 0 bridgehead atoms. The molecule has 0 unspecified atom stereocenters. The van der Waals surface area contributed by atoms with Crippen molar-refractivity contribution in [1.29, 1.82) is 0 Å². The van der Waals surface area contributed by atoms with Gasteiger partial charge >= 0.3 is 10.4 Å². The zero-order chi connectivity index (χ0) is 13.8. The lowest BCUT2D eigenvalue weighted by molar-refractivity contribution is 0.342. The van der Waals surface area contributed by atoms with Gasteiger partial charge in [-0.05, 0) is 22.9 Å². The third-order valence-corrected chi connectivity index (χ3v) is 7.51. The number of benzene rings is 1. The minimum Gasteiger partial charge on any atom is -0.412 e. The third kappa shape index (κ3) is 2.24. The second-order valence-corrected chi connectivity index (χ2v) is 8.15. The molecule has 0 aromatic heterocycles. The number of amidine groups is 1. The molecule has 1 aromatic carbocycles. The first-order chi connectivity index (χ1) is 9.60. The van der Waals surface area contributed by atoms with E-state index < -0.39 is 21.2 Å². The largest absolute Gasteiger partial charge is 0.440 e. The van der Waals surface area contributed by atoms with Gasteiger partial charge in [0.05, 0.1) is 4.90 Å². The average Bonchev–Trinajstić information content (AvgIpc) is 2.74. The van der Waals surface area contributed by atoms with Gasteiger partial charge in [-0.1, -0.05) is 12.1 Å². The lowest BCUT2D eigenvalue weighted by Crippen LogP contribution is -2.46. The van der Waals surface area contributed by atoms with Crippen molar-refractivity contribution in [3.8, 4) is 0 Å². The Balaban J connectivity index is 0.00000132. The summed E-state index contributed by atoms with van der Waals surface area (Å²) in [6.07, 6.45) is 0. The molecule has 1 spiro atoms. The van der Waals surface area contributed by atoms with Crippen LogP contribution in [-0.4, -0.2) is 50.8 Å². The Labute approximate surface area is 124 Å². The molecule has 0 atom stereocenters. The summed E-state index contributed by atoms with van der Waals surface area (Å²) in [6, 6.07) is 7.48. The van der Waals surface area contributed by atoms with Gasteiger partial charge in [0.15, 0.2) is 5.84 Å². The van der Waals surface area contributed by atoms with E-state index >= 15 is 0 Å². The molecule has 8 nitrogen and oxygen atoms in total. The maximum absolute atomic E-state index is 11.2. The minimum absolute atomic E-state index is 0. The van der Waals surface area contributed by atoms with Gasteiger partial charge in [0, 0.05) is 31.7 Å². The molecule has 3 heterocycles. The Morgan fingerprint density at radius 2 is 1.81 bits per heavy atom. The number of nitrogens with zero attached hydrogens (tertiary/aromatic N) is 2. The third-order valence-electron chi connectivity index (χ3n) is 3.38. The summed E-state index contributed by atoms with van der Waals surface area (Å²) >= 11 is 0. The maximum Gasteiger partial charge on any atom is 0.440 e. The Morgan fingerprint density at radius 3 is 2.48 bits per heavy atom. The van der Waals surface area contributed by atoms with Gasteiger partial charge in [-0.3, -0.25) is 0 Å². The number of rotatable bonds is 0. The predicted molar refractivity (Wildman–Crippen MR) is 78.0 cm³/mol. The van der Waals surface area contributed by atoms with Crippen LogP contribution >= 0.6 is 10.8 Å². The highest BCUT2D eigenvalue weighted by molar-refractivity contribution is 8.36. The summed E-state index contributed by atoms with van der Waals surface area (Å²) in [7, 11) is -6.36. The van der Waals surface area contributed by atoms with Gasteiger partial charge in [0.1, 0.15) is 0 Å². The molecule has 21 heavy (non-hydrogen) atoms. The first kappa shape index (κ1) is 14.8. The van der Waals surface area contributed by atoms with Crippen LogP contribution in [0.5, 0.6) is 0 Å². The van der Waals surface area contributed by atoms with Crippen molar-refractivity contribution < 1.29 is 21.2 Å². The lowest BCUT2D eigenvalue weighted by atomic mass is 10.2. The fourth-order valence-electron chi connectivity index (χ4n) is 2.53. The van der Waals surface area contributed by atoms with Crippen molar-refractivity contribution in [2.24, 2.45) is 4.40 Å². The molecular formula is C11H15N3O5S2. The summed E-state index contributed by atoms with van der Waals surface area (Å²) in [4.78, 5) is 2.86. The van der Waals surface area contributed by atoms with Crippen LogP contribution in [-0.2, 0) is 17.7 Å². The van der Waals surface area contributed by atoms with E-state index in [1.807, 2.05) is 24.3 Å². The molecule has 0 amide bonds. The van der Waals surface area contributed by atoms with Crippen LogP contribution in [0.15, 0.2) is 33.6 Å². The zero-order valence-corrected chi connectivity index (χ0v) is 12.6. The van der Waals surface area contributed by atoms with E-state index in [2.05, 4.69) is 14.6 Å². The fourth-order valence-corrected chi connectivity index (χ4v) is 6.43. The van der Waals surface area contributed by atoms with Crippen molar-refractivity contribution in [1.82, 2.24) is 10.2 Å². The number of hydrogen-bond donors (Lipinski definition) is 1. The average molecular weight is 333 g/mol. The van der Waals surface area contributed by atoms with Crippen LogP contribution in [0.1, 0.15) is 5.56 Å². The lowest BCUT2D eigenvalue weighted by Gasteiger charge is -2.40. The second kappa shape index (κ2) is 4.93. The second-order valence-electron chi connectivity index (χ2n) is 4.67. The number of fused-ring (bicyclic) bond motifs is 2. The molecule has 3 N–H and O–H groups in total. The number of nitrogens with one attached hydrogen (secondary N) is 1. The molecule has 0 aliphatic carbocycles. The topological polar surface area (TPSA) is 112 Å². The first-order valence-electron chi connectivity index (χ1n) is 6.25. The van der Waals surface area contributed by atoms with E-state index in [1.165, 1.54) is 0 Å². The molecule has 4 rings (SSSR count). The van der Waals surface area contributed by atoms with E-state index in [9.17, 15) is 8.42 Å². The van der Waals surface area contributed by atoms with Crippen LogP contribution in [0.25, 0.3) is 0 Å². The summed E-state index contributed by atoms with van der Waals surface area (Å²) in [5.41, 5.74) is 0.902. The predicted octanol–water partition coefficient (Wildman–Crippen LogP) is -0.273. The van der Waals surface area contributed by atoms with Crippen LogP contribution in [0, 0.1) is 0 Å². The first-order valence-corrected chi connectivity index (χ1v) is 9.02. The monoisotopic (exact) mass is 333 g/mol. The highest BCUT2D eigenvalue weighted by Gasteiger charge is 2.52. The standard InChI is InChI=1S/C11H13N3O4S2.H2O/c15-20(16)17-19(18-20)10-4-2-1-3-9(10)11(13-19)14-7-5-12-6-8-14;/h1-4,12H,5-8H2;1H2. The molecule has 3 aliphatic heterocycles. The SMILES string of the molecule is O.O=S1(=O)OS2(N=C(N3CCNCC3)c3ccccc32)O1. The minimum atomic E-state index is -3.87. The zero-order valence-electron chi connectivity index (χ0n) is 11.0. The molecule has 3 aliphatic rings. The molecule has 1 aromatic rings. The molecule has 2 fully saturated rings. The highest BCUT2D eigenvalue weighted by Crippen LogP contribution is 2.72. The van der Waals surface area contributed by atoms with E-state index in [-0.39, 0.29) is 5.48 Å². The summed E-state index contributed by atoms with van der Waals surface area (Å²) in [5.74, 6) is 0.770.